The molecule has 0 aromatic carbocycles. The number of imidazole rings is 1. The Balaban J connectivity index is 1.21. The van der Waals surface area contributed by atoms with E-state index in [1.54, 1.807) is 11.8 Å². The molecule has 0 N–H and O–H groups in total. The lowest BCUT2D eigenvalue weighted by molar-refractivity contribution is -0.130. The van der Waals surface area contributed by atoms with Crippen LogP contribution in [0.25, 0.3) is 5.65 Å². The smallest absolute Gasteiger partial charge is 0.232 e. The minimum Gasteiger partial charge on any atom is -0.339 e. The Labute approximate surface area is 169 Å². The van der Waals surface area contributed by atoms with Crippen LogP contribution >= 0.6 is 11.8 Å². The number of fused-ring (bicyclic) bond motifs is 1. The van der Waals surface area contributed by atoms with Crippen LogP contribution in [0, 0.1) is 6.92 Å². The number of piperazine rings is 1. The van der Waals surface area contributed by atoms with E-state index in [4.69, 9.17) is 0 Å². The third-order valence-corrected chi connectivity index (χ3v) is 5.96. The van der Waals surface area contributed by atoms with Crippen LogP contribution in [0.1, 0.15) is 16.8 Å². The molecule has 4 heterocycles. The maximum atomic E-state index is 12.5. The number of carbonyl (C=O) groups is 1. The van der Waals surface area contributed by atoms with Crippen molar-refractivity contribution in [3.63, 3.8) is 0 Å². The topological polar surface area (TPSA) is 53.7 Å². The molecule has 1 fully saturated rings. The first-order valence-electron chi connectivity index (χ1n) is 9.58. The van der Waals surface area contributed by atoms with Crippen molar-refractivity contribution in [2.45, 2.75) is 19.2 Å². The molecule has 4 rings (SSSR count). The number of carbonyl (C=O) groups excluding carboxylic acids is 1. The molecule has 0 unspecified atom stereocenters. The van der Waals surface area contributed by atoms with Crippen LogP contribution in [-0.4, -0.2) is 62.0 Å². The van der Waals surface area contributed by atoms with Gasteiger partial charge in [0, 0.05) is 63.3 Å². The number of aromatic nitrogens is 3. The zero-order valence-corrected chi connectivity index (χ0v) is 16.9. The highest BCUT2D eigenvalue weighted by Gasteiger charge is 2.21. The average Bonchev–Trinajstić information content (AvgIpc) is 3.11. The number of hydrogen-bond donors (Lipinski definition) is 0. The van der Waals surface area contributed by atoms with Gasteiger partial charge in [-0.15, -0.1) is 11.8 Å². The van der Waals surface area contributed by atoms with Crippen molar-refractivity contribution in [2.24, 2.45) is 0 Å². The van der Waals surface area contributed by atoms with Gasteiger partial charge in [0.1, 0.15) is 5.65 Å². The molecule has 0 radical (unpaired) electrons. The molecule has 1 aliphatic rings. The van der Waals surface area contributed by atoms with Crippen LogP contribution in [0.2, 0.25) is 0 Å². The normalized spacial score (nSPS) is 15.2. The van der Waals surface area contributed by atoms with Crippen molar-refractivity contribution in [1.82, 2.24) is 24.2 Å². The van der Waals surface area contributed by atoms with Crippen LogP contribution in [0.5, 0.6) is 0 Å². The highest BCUT2D eigenvalue weighted by atomic mass is 32.2. The predicted octanol–water partition coefficient (Wildman–Crippen LogP) is 2.62. The Morgan fingerprint density at radius 1 is 1.07 bits per heavy atom. The Morgan fingerprint density at radius 2 is 1.86 bits per heavy atom. The van der Waals surface area contributed by atoms with Crippen molar-refractivity contribution in [3.8, 4) is 0 Å². The molecule has 1 aliphatic heterocycles. The van der Waals surface area contributed by atoms with E-state index in [1.165, 1.54) is 11.1 Å². The number of aryl methyl sites for hydroxylation is 1. The first-order valence-corrected chi connectivity index (χ1v) is 10.7. The number of rotatable bonds is 6. The van der Waals surface area contributed by atoms with Gasteiger partial charge in [-0.25, -0.2) is 4.98 Å². The molecule has 3 aromatic rings. The molecule has 28 heavy (non-hydrogen) atoms. The van der Waals surface area contributed by atoms with Gasteiger partial charge in [0.15, 0.2) is 0 Å². The number of nitrogens with zero attached hydrogens (tertiary/aromatic N) is 5. The van der Waals surface area contributed by atoms with Crippen LogP contribution in [-0.2, 0) is 17.1 Å². The molecule has 3 aromatic heterocycles. The van der Waals surface area contributed by atoms with Crippen molar-refractivity contribution < 1.29 is 4.79 Å². The van der Waals surface area contributed by atoms with Crippen molar-refractivity contribution in [3.05, 3.63) is 65.9 Å². The highest BCUT2D eigenvalue weighted by Crippen LogP contribution is 2.15. The van der Waals surface area contributed by atoms with Crippen molar-refractivity contribution >= 4 is 23.3 Å². The molecule has 1 amide bonds. The summed E-state index contributed by atoms with van der Waals surface area (Å²) in [5, 5.41) is 0. The number of hydrogen-bond acceptors (Lipinski definition) is 5. The minimum absolute atomic E-state index is 0.230. The van der Waals surface area contributed by atoms with Crippen LogP contribution < -0.4 is 0 Å². The van der Waals surface area contributed by atoms with E-state index in [-0.39, 0.29) is 5.91 Å². The quantitative estimate of drug-likeness (QED) is 0.642. The summed E-state index contributed by atoms with van der Waals surface area (Å²) in [4.78, 5) is 25.6. The standard InChI is InChI=1S/C21H25N5OS/c1-17-2-3-20-23-19(14-26(20)12-17)15-28-16-21(27)25-10-8-24(9-11-25)13-18-4-6-22-7-5-18/h2-7,12,14H,8-11,13,15-16H2,1H3. The van der Waals surface area contributed by atoms with Gasteiger partial charge in [0.25, 0.3) is 0 Å². The summed E-state index contributed by atoms with van der Waals surface area (Å²) < 4.78 is 2.05. The summed E-state index contributed by atoms with van der Waals surface area (Å²) in [6.45, 7) is 6.45. The van der Waals surface area contributed by atoms with Gasteiger partial charge in [0.05, 0.1) is 11.4 Å². The van der Waals surface area contributed by atoms with Gasteiger partial charge in [-0.1, -0.05) is 6.07 Å². The third kappa shape index (κ3) is 4.72. The maximum absolute atomic E-state index is 12.5. The molecular formula is C21H25N5OS. The first kappa shape index (κ1) is 19.0. The zero-order chi connectivity index (χ0) is 19.3. The molecule has 0 saturated carbocycles. The molecule has 0 spiro atoms. The lowest BCUT2D eigenvalue weighted by Gasteiger charge is -2.34. The Bertz CT molecular complexity index is 934. The lowest BCUT2D eigenvalue weighted by Crippen LogP contribution is -2.48. The fourth-order valence-corrected chi connectivity index (χ4v) is 4.27. The highest BCUT2D eigenvalue weighted by molar-refractivity contribution is 7.99. The summed E-state index contributed by atoms with van der Waals surface area (Å²) >= 11 is 1.64. The lowest BCUT2D eigenvalue weighted by atomic mass is 10.2. The number of pyridine rings is 2. The van der Waals surface area contributed by atoms with Gasteiger partial charge in [-0.05, 0) is 36.2 Å². The summed E-state index contributed by atoms with van der Waals surface area (Å²) in [6, 6.07) is 8.20. The molecule has 6 nitrogen and oxygen atoms in total. The maximum Gasteiger partial charge on any atom is 0.232 e. The number of amides is 1. The molecule has 7 heteroatoms. The fourth-order valence-electron chi connectivity index (χ4n) is 3.46. The number of thioether (sulfide) groups is 1. The predicted molar refractivity (Wildman–Crippen MR) is 112 cm³/mol. The molecular weight excluding hydrogens is 370 g/mol. The average molecular weight is 396 g/mol. The fraction of sp³-hybridized carbons (Fsp3) is 0.381. The summed E-state index contributed by atoms with van der Waals surface area (Å²) in [5.41, 5.74) is 4.46. The van der Waals surface area contributed by atoms with E-state index < -0.39 is 0 Å². The first-order chi connectivity index (χ1) is 13.7. The Hall–Kier alpha value is -2.38. The zero-order valence-electron chi connectivity index (χ0n) is 16.1. The van der Waals surface area contributed by atoms with E-state index in [0.717, 1.165) is 49.8 Å². The van der Waals surface area contributed by atoms with Crippen LogP contribution in [0.4, 0.5) is 0 Å². The molecule has 146 valence electrons. The second-order valence-electron chi connectivity index (χ2n) is 7.21. The monoisotopic (exact) mass is 395 g/mol. The van der Waals surface area contributed by atoms with Crippen molar-refractivity contribution in [1.29, 1.82) is 0 Å². The van der Waals surface area contributed by atoms with Gasteiger partial charge in [-0.3, -0.25) is 14.7 Å². The molecule has 0 bridgehead atoms. The minimum atomic E-state index is 0.230. The molecule has 0 atom stereocenters. The SMILES string of the molecule is Cc1ccc2nc(CSCC(=O)N3CCN(Cc4ccncc4)CC3)cn2c1. The Morgan fingerprint density at radius 3 is 2.64 bits per heavy atom. The van der Waals surface area contributed by atoms with Crippen LogP contribution in [0.15, 0.2) is 49.1 Å². The van der Waals surface area contributed by atoms with Crippen LogP contribution in [0.3, 0.4) is 0 Å². The largest absolute Gasteiger partial charge is 0.339 e. The van der Waals surface area contributed by atoms with Gasteiger partial charge >= 0.3 is 0 Å². The van der Waals surface area contributed by atoms with E-state index >= 15 is 0 Å². The van der Waals surface area contributed by atoms with Crippen molar-refractivity contribution in [2.75, 3.05) is 31.9 Å². The third-order valence-electron chi connectivity index (χ3n) is 5.00. The Kier molecular flexibility index (Phi) is 5.92. The van der Waals surface area contributed by atoms with E-state index in [0.29, 0.717) is 5.75 Å². The van der Waals surface area contributed by atoms with E-state index in [2.05, 4.69) is 56.8 Å². The summed E-state index contributed by atoms with van der Waals surface area (Å²) in [7, 11) is 0. The second kappa shape index (κ2) is 8.75. The van der Waals surface area contributed by atoms with E-state index in [1.807, 2.05) is 23.4 Å². The second-order valence-corrected chi connectivity index (χ2v) is 8.19. The van der Waals surface area contributed by atoms with Gasteiger partial charge in [-0.2, -0.15) is 0 Å². The van der Waals surface area contributed by atoms with E-state index in [9.17, 15) is 4.79 Å². The molecule has 0 aliphatic carbocycles. The summed E-state index contributed by atoms with van der Waals surface area (Å²) in [5.74, 6) is 1.50. The summed E-state index contributed by atoms with van der Waals surface area (Å²) in [6.07, 6.45) is 7.79. The van der Waals surface area contributed by atoms with Gasteiger partial charge < -0.3 is 9.30 Å². The van der Waals surface area contributed by atoms with Gasteiger partial charge in [0.2, 0.25) is 5.91 Å². The molecule has 1 saturated heterocycles.